The number of anilines is 3. The van der Waals surface area contributed by atoms with Crippen molar-refractivity contribution in [2.45, 2.75) is 46.6 Å². The van der Waals surface area contributed by atoms with Crippen LogP contribution >= 0.6 is 0 Å². The van der Waals surface area contributed by atoms with Gasteiger partial charge in [0.05, 0.1) is 16.9 Å². The van der Waals surface area contributed by atoms with Crippen molar-refractivity contribution in [1.29, 1.82) is 0 Å². The summed E-state index contributed by atoms with van der Waals surface area (Å²) >= 11 is 0. The van der Waals surface area contributed by atoms with Gasteiger partial charge in [0.25, 0.3) is 0 Å². The smallest absolute Gasteiger partial charge is 0.336 e. The van der Waals surface area contributed by atoms with E-state index in [4.69, 9.17) is 0 Å². The first-order valence-corrected chi connectivity index (χ1v) is 11.5. The van der Waals surface area contributed by atoms with Crippen LogP contribution in [0, 0.1) is 18.7 Å². The van der Waals surface area contributed by atoms with Crippen molar-refractivity contribution >= 4 is 29.1 Å². The number of amides is 2. The zero-order valence-corrected chi connectivity index (χ0v) is 20.7. The topological polar surface area (TPSA) is 90.5 Å². The third kappa shape index (κ3) is 7.06. The number of carbonyl (C=O) groups is 2. The average Bonchev–Trinajstić information content (AvgIpc) is 2.75. The van der Waals surface area contributed by atoms with Gasteiger partial charge in [0.1, 0.15) is 5.82 Å². The molecule has 0 atom stereocenters. The Balaban J connectivity index is 2.00. The summed E-state index contributed by atoms with van der Waals surface area (Å²) in [7, 11) is 0. The van der Waals surface area contributed by atoms with Crippen molar-refractivity contribution in [2.75, 3.05) is 16.0 Å². The molecule has 0 saturated heterocycles. The zero-order valence-electron chi connectivity index (χ0n) is 20.7. The molecule has 3 rings (SSSR count). The molecule has 0 aliphatic carbocycles. The van der Waals surface area contributed by atoms with Crippen molar-refractivity contribution < 1.29 is 19.1 Å². The summed E-state index contributed by atoms with van der Waals surface area (Å²) in [5, 5.41) is 18.8. The minimum atomic E-state index is -1.16. The minimum absolute atomic E-state index is 0.0256. The first-order chi connectivity index (χ1) is 16.4. The molecule has 2 amide bonds. The highest BCUT2D eigenvalue weighted by atomic mass is 19.1. The fraction of sp³-hybridized carbons (Fsp3) is 0.286. The molecule has 0 aliphatic rings. The van der Waals surface area contributed by atoms with E-state index in [0.29, 0.717) is 28.5 Å². The van der Waals surface area contributed by atoms with Crippen LogP contribution in [0.3, 0.4) is 0 Å². The van der Waals surface area contributed by atoms with E-state index in [-0.39, 0.29) is 16.7 Å². The standard InChI is InChI=1S/C28H32FN3O3/c1-17(2)16-28(4,5)32-24-13-8-19(23-15-20(29)9-12-22(23)26(33)34)14-25(24)31-27(35)30-21-10-6-18(3)7-11-21/h6-15,17,32H,16H2,1-5H3,(H,33,34)(H2,30,31,35). The third-order valence-corrected chi connectivity index (χ3v) is 5.49. The van der Waals surface area contributed by atoms with Gasteiger partial charge in [0.15, 0.2) is 0 Å². The SMILES string of the molecule is Cc1ccc(NC(=O)Nc2cc(-c3cc(F)ccc3C(=O)O)ccc2NC(C)(C)CC(C)C)cc1. The van der Waals surface area contributed by atoms with Gasteiger partial charge in [-0.25, -0.2) is 14.0 Å². The van der Waals surface area contributed by atoms with Crippen molar-refractivity contribution in [3.8, 4) is 11.1 Å². The maximum absolute atomic E-state index is 14.0. The molecule has 0 aliphatic heterocycles. The first kappa shape index (κ1) is 25.7. The summed E-state index contributed by atoms with van der Waals surface area (Å²) in [6.07, 6.45) is 0.886. The lowest BCUT2D eigenvalue weighted by atomic mass is 9.92. The van der Waals surface area contributed by atoms with E-state index in [0.717, 1.165) is 18.1 Å². The molecule has 0 radical (unpaired) electrons. The number of rotatable bonds is 8. The number of aryl methyl sites for hydroxylation is 1. The van der Waals surface area contributed by atoms with Gasteiger partial charge < -0.3 is 21.1 Å². The molecule has 0 aromatic heterocycles. The molecule has 3 aromatic rings. The lowest BCUT2D eigenvalue weighted by molar-refractivity contribution is 0.0697. The fourth-order valence-corrected chi connectivity index (χ4v) is 4.22. The van der Waals surface area contributed by atoms with Crippen LogP contribution in [-0.4, -0.2) is 22.6 Å². The Morgan fingerprint density at radius 2 is 1.63 bits per heavy atom. The van der Waals surface area contributed by atoms with Crippen LogP contribution in [0.1, 0.15) is 50.0 Å². The largest absolute Gasteiger partial charge is 0.478 e. The summed E-state index contributed by atoms with van der Waals surface area (Å²) in [6, 6.07) is 15.7. The maximum atomic E-state index is 14.0. The lowest BCUT2D eigenvalue weighted by Crippen LogP contribution is -2.33. The molecule has 35 heavy (non-hydrogen) atoms. The van der Waals surface area contributed by atoms with E-state index in [1.807, 2.05) is 31.2 Å². The quantitative estimate of drug-likeness (QED) is 0.272. The molecule has 0 fully saturated rings. The summed E-state index contributed by atoms with van der Waals surface area (Å²) in [4.78, 5) is 24.6. The number of halogens is 1. The van der Waals surface area contributed by atoms with Crippen molar-refractivity contribution in [2.24, 2.45) is 5.92 Å². The van der Waals surface area contributed by atoms with Gasteiger partial charge in [0.2, 0.25) is 0 Å². The Bertz CT molecular complexity index is 1220. The normalized spacial score (nSPS) is 11.3. The number of benzene rings is 3. The molecule has 6 nitrogen and oxygen atoms in total. The number of hydrogen-bond donors (Lipinski definition) is 4. The molecule has 0 bridgehead atoms. The minimum Gasteiger partial charge on any atom is -0.478 e. The van der Waals surface area contributed by atoms with Crippen LogP contribution in [-0.2, 0) is 0 Å². The third-order valence-electron chi connectivity index (χ3n) is 5.49. The number of hydrogen-bond acceptors (Lipinski definition) is 3. The Kier molecular flexibility index (Phi) is 7.79. The van der Waals surface area contributed by atoms with Gasteiger partial charge in [-0.05, 0) is 86.7 Å². The fourth-order valence-electron chi connectivity index (χ4n) is 4.22. The van der Waals surface area contributed by atoms with Gasteiger partial charge in [-0.2, -0.15) is 0 Å². The molecule has 0 heterocycles. The number of nitrogens with one attached hydrogen (secondary N) is 3. The van der Waals surface area contributed by atoms with Crippen LogP contribution in [0.5, 0.6) is 0 Å². The van der Waals surface area contributed by atoms with Crippen LogP contribution in [0.25, 0.3) is 11.1 Å². The van der Waals surface area contributed by atoms with E-state index >= 15 is 0 Å². The highest BCUT2D eigenvalue weighted by Crippen LogP contribution is 2.34. The summed E-state index contributed by atoms with van der Waals surface area (Å²) in [6.45, 7) is 10.4. The molecule has 184 valence electrons. The second-order valence-electron chi connectivity index (χ2n) is 9.81. The van der Waals surface area contributed by atoms with E-state index in [1.165, 1.54) is 12.1 Å². The number of urea groups is 1. The number of carboxylic acids is 1. The number of carbonyl (C=O) groups excluding carboxylic acids is 1. The van der Waals surface area contributed by atoms with Crippen LogP contribution in [0.2, 0.25) is 0 Å². The summed E-state index contributed by atoms with van der Waals surface area (Å²) in [5.41, 5.74) is 3.24. The lowest BCUT2D eigenvalue weighted by Gasteiger charge is -2.31. The van der Waals surface area contributed by atoms with E-state index in [1.54, 1.807) is 18.2 Å². The van der Waals surface area contributed by atoms with Gasteiger partial charge in [0, 0.05) is 11.2 Å². The Hall–Kier alpha value is -3.87. The monoisotopic (exact) mass is 477 g/mol. The Morgan fingerprint density at radius 1 is 0.943 bits per heavy atom. The Morgan fingerprint density at radius 3 is 2.26 bits per heavy atom. The predicted molar refractivity (Wildman–Crippen MR) is 140 cm³/mol. The highest BCUT2D eigenvalue weighted by Gasteiger charge is 2.22. The van der Waals surface area contributed by atoms with Crippen LogP contribution in [0.15, 0.2) is 60.7 Å². The number of carboxylic acid groups (broad SMARTS) is 1. The van der Waals surface area contributed by atoms with E-state index < -0.39 is 17.8 Å². The van der Waals surface area contributed by atoms with E-state index in [9.17, 15) is 19.1 Å². The molecule has 3 aromatic carbocycles. The first-order valence-electron chi connectivity index (χ1n) is 11.5. The zero-order chi connectivity index (χ0) is 25.8. The van der Waals surface area contributed by atoms with Gasteiger partial charge in [-0.15, -0.1) is 0 Å². The van der Waals surface area contributed by atoms with Crippen LogP contribution < -0.4 is 16.0 Å². The molecular weight excluding hydrogens is 445 g/mol. The van der Waals surface area contributed by atoms with Crippen molar-refractivity contribution in [3.05, 3.63) is 77.6 Å². The van der Waals surface area contributed by atoms with Crippen LogP contribution in [0.4, 0.5) is 26.2 Å². The molecule has 0 saturated carbocycles. The van der Waals surface area contributed by atoms with Crippen molar-refractivity contribution in [1.82, 2.24) is 0 Å². The predicted octanol–water partition coefficient (Wildman–Crippen LogP) is 7.38. The number of aromatic carboxylic acids is 1. The van der Waals surface area contributed by atoms with Gasteiger partial charge in [-0.3, -0.25) is 0 Å². The molecule has 0 unspecified atom stereocenters. The Labute approximate surface area is 205 Å². The average molecular weight is 478 g/mol. The van der Waals surface area contributed by atoms with Crippen molar-refractivity contribution in [3.63, 3.8) is 0 Å². The molecule has 0 spiro atoms. The second kappa shape index (κ2) is 10.6. The van der Waals surface area contributed by atoms with E-state index in [2.05, 4.69) is 43.6 Å². The summed E-state index contributed by atoms with van der Waals surface area (Å²) in [5.74, 6) is -1.26. The molecule has 7 heteroatoms. The second-order valence-corrected chi connectivity index (χ2v) is 9.81. The highest BCUT2D eigenvalue weighted by molar-refractivity contribution is 6.03. The van der Waals surface area contributed by atoms with Gasteiger partial charge in [-0.1, -0.05) is 37.6 Å². The maximum Gasteiger partial charge on any atom is 0.336 e. The summed E-state index contributed by atoms with van der Waals surface area (Å²) < 4.78 is 14.0. The van der Waals surface area contributed by atoms with Gasteiger partial charge >= 0.3 is 12.0 Å². The molecule has 4 N–H and O–H groups in total. The molecular formula is C28H32FN3O3.